The third-order valence-electron chi connectivity index (χ3n) is 2.72. The SMILES string of the molecule is CC(C(=O)C1=COCC1)C(C)(C)C. The van der Waals surface area contributed by atoms with Crippen molar-refractivity contribution in [3.63, 3.8) is 0 Å². The molecule has 13 heavy (non-hydrogen) atoms. The lowest BCUT2D eigenvalue weighted by Gasteiger charge is -2.25. The maximum absolute atomic E-state index is 11.8. The van der Waals surface area contributed by atoms with Gasteiger partial charge in [-0.1, -0.05) is 27.7 Å². The van der Waals surface area contributed by atoms with Gasteiger partial charge in [0, 0.05) is 17.9 Å². The van der Waals surface area contributed by atoms with Crippen molar-refractivity contribution in [2.24, 2.45) is 11.3 Å². The Balaban J connectivity index is 2.67. The topological polar surface area (TPSA) is 26.3 Å². The predicted octanol–water partition coefficient (Wildman–Crippen LogP) is 2.54. The molecular formula is C11H18O2. The molecule has 1 aliphatic heterocycles. The molecule has 1 atom stereocenters. The fourth-order valence-electron chi connectivity index (χ4n) is 1.24. The van der Waals surface area contributed by atoms with E-state index in [4.69, 9.17) is 4.74 Å². The van der Waals surface area contributed by atoms with Crippen molar-refractivity contribution < 1.29 is 9.53 Å². The van der Waals surface area contributed by atoms with E-state index < -0.39 is 0 Å². The molecule has 0 spiro atoms. The average molecular weight is 182 g/mol. The molecule has 1 unspecified atom stereocenters. The summed E-state index contributed by atoms with van der Waals surface area (Å²) in [5.74, 6) is 0.311. The van der Waals surface area contributed by atoms with E-state index in [0.717, 1.165) is 12.0 Å². The van der Waals surface area contributed by atoms with E-state index in [-0.39, 0.29) is 17.1 Å². The Bertz CT molecular complexity index is 233. The first-order valence-corrected chi connectivity index (χ1v) is 4.78. The molecule has 74 valence electrons. The minimum atomic E-state index is 0.0422. The van der Waals surface area contributed by atoms with E-state index in [1.165, 1.54) is 0 Å². The highest BCUT2D eigenvalue weighted by molar-refractivity contribution is 5.97. The van der Waals surface area contributed by atoms with Gasteiger partial charge in [0.2, 0.25) is 0 Å². The van der Waals surface area contributed by atoms with Crippen molar-refractivity contribution in [1.29, 1.82) is 0 Å². The van der Waals surface area contributed by atoms with Crippen LogP contribution in [0, 0.1) is 11.3 Å². The Morgan fingerprint density at radius 1 is 1.54 bits per heavy atom. The van der Waals surface area contributed by atoms with E-state index >= 15 is 0 Å². The van der Waals surface area contributed by atoms with Crippen molar-refractivity contribution in [1.82, 2.24) is 0 Å². The smallest absolute Gasteiger partial charge is 0.165 e. The van der Waals surface area contributed by atoms with Gasteiger partial charge in [0.25, 0.3) is 0 Å². The molecule has 0 aromatic carbocycles. The van der Waals surface area contributed by atoms with Crippen LogP contribution in [0.2, 0.25) is 0 Å². The summed E-state index contributed by atoms with van der Waals surface area (Å²) < 4.78 is 5.06. The molecule has 0 fully saturated rings. The standard InChI is InChI=1S/C11H18O2/c1-8(11(2,3)4)10(12)9-5-6-13-7-9/h7-8H,5-6H2,1-4H3. The summed E-state index contributed by atoms with van der Waals surface area (Å²) in [7, 11) is 0. The molecule has 0 aromatic heterocycles. The summed E-state index contributed by atoms with van der Waals surface area (Å²) >= 11 is 0. The molecule has 0 radical (unpaired) electrons. The lowest BCUT2D eigenvalue weighted by Crippen LogP contribution is -2.26. The number of hydrogen-bond donors (Lipinski definition) is 0. The summed E-state index contributed by atoms with van der Waals surface area (Å²) in [6.07, 6.45) is 2.39. The second-order valence-corrected chi connectivity index (χ2v) is 4.72. The number of ketones is 1. The molecule has 0 aromatic rings. The van der Waals surface area contributed by atoms with Gasteiger partial charge in [-0.2, -0.15) is 0 Å². The second kappa shape index (κ2) is 3.52. The zero-order valence-corrected chi connectivity index (χ0v) is 8.89. The van der Waals surface area contributed by atoms with Crippen LogP contribution in [-0.2, 0) is 9.53 Å². The van der Waals surface area contributed by atoms with Gasteiger partial charge >= 0.3 is 0 Å². The Labute approximate surface area is 80.0 Å². The normalized spacial score (nSPS) is 19.2. The minimum absolute atomic E-state index is 0.0422. The molecule has 0 saturated heterocycles. The van der Waals surface area contributed by atoms with Gasteiger partial charge in [-0.3, -0.25) is 4.79 Å². The van der Waals surface area contributed by atoms with Crippen LogP contribution in [0.15, 0.2) is 11.8 Å². The van der Waals surface area contributed by atoms with Crippen molar-refractivity contribution >= 4 is 5.78 Å². The lowest BCUT2D eigenvalue weighted by atomic mass is 9.77. The molecular weight excluding hydrogens is 164 g/mol. The van der Waals surface area contributed by atoms with Gasteiger partial charge in [0.15, 0.2) is 5.78 Å². The molecule has 2 heteroatoms. The third kappa shape index (κ3) is 2.33. The Morgan fingerprint density at radius 2 is 2.15 bits per heavy atom. The minimum Gasteiger partial charge on any atom is -0.500 e. The first kappa shape index (κ1) is 10.3. The number of carbonyl (C=O) groups is 1. The van der Waals surface area contributed by atoms with Crippen molar-refractivity contribution in [2.45, 2.75) is 34.1 Å². The molecule has 0 saturated carbocycles. The van der Waals surface area contributed by atoms with Gasteiger partial charge in [-0.25, -0.2) is 0 Å². The number of carbonyl (C=O) groups excluding carboxylic acids is 1. The van der Waals surface area contributed by atoms with Crippen molar-refractivity contribution in [3.8, 4) is 0 Å². The van der Waals surface area contributed by atoms with E-state index in [0.29, 0.717) is 6.61 Å². The first-order chi connectivity index (χ1) is 5.93. The van der Waals surface area contributed by atoms with Crippen LogP contribution in [0.3, 0.4) is 0 Å². The number of Topliss-reactive ketones (excluding diaryl/α,β-unsaturated/α-hetero) is 1. The molecule has 0 aliphatic carbocycles. The quantitative estimate of drug-likeness (QED) is 0.656. The highest BCUT2D eigenvalue weighted by atomic mass is 16.5. The predicted molar refractivity (Wildman–Crippen MR) is 52.3 cm³/mol. The maximum Gasteiger partial charge on any atom is 0.165 e. The zero-order chi connectivity index (χ0) is 10.1. The highest BCUT2D eigenvalue weighted by Crippen LogP contribution is 2.29. The van der Waals surface area contributed by atoms with Crippen molar-refractivity contribution in [2.75, 3.05) is 6.61 Å². The number of hydrogen-bond acceptors (Lipinski definition) is 2. The maximum atomic E-state index is 11.8. The van der Waals surface area contributed by atoms with Gasteiger partial charge in [0.1, 0.15) is 0 Å². The Hall–Kier alpha value is -0.790. The monoisotopic (exact) mass is 182 g/mol. The van der Waals surface area contributed by atoms with Crippen LogP contribution in [0.1, 0.15) is 34.1 Å². The van der Waals surface area contributed by atoms with Crippen LogP contribution in [-0.4, -0.2) is 12.4 Å². The molecule has 2 nitrogen and oxygen atoms in total. The molecule has 1 heterocycles. The lowest BCUT2D eigenvalue weighted by molar-refractivity contribution is -0.121. The first-order valence-electron chi connectivity index (χ1n) is 4.78. The largest absolute Gasteiger partial charge is 0.500 e. The summed E-state index contributed by atoms with van der Waals surface area (Å²) in [6, 6.07) is 0. The van der Waals surface area contributed by atoms with Crippen molar-refractivity contribution in [3.05, 3.63) is 11.8 Å². The van der Waals surface area contributed by atoms with E-state index in [1.54, 1.807) is 6.26 Å². The summed E-state index contributed by atoms with van der Waals surface area (Å²) in [5, 5.41) is 0. The fraction of sp³-hybridized carbons (Fsp3) is 0.727. The summed E-state index contributed by atoms with van der Waals surface area (Å²) in [4.78, 5) is 11.8. The second-order valence-electron chi connectivity index (χ2n) is 4.72. The highest BCUT2D eigenvalue weighted by Gasteiger charge is 2.29. The Morgan fingerprint density at radius 3 is 2.54 bits per heavy atom. The van der Waals surface area contributed by atoms with Crippen LogP contribution in [0.25, 0.3) is 0 Å². The molecule has 0 N–H and O–H groups in total. The number of rotatable bonds is 2. The average Bonchev–Trinajstić information content (AvgIpc) is 2.51. The fourth-order valence-corrected chi connectivity index (χ4v) is 1.24. The van der Waals surface area contributed by atoms with Gasteiger partial charge in [-0.15, -0.1) is 0 Å². The van der Waals surface area contributed by atoms with Gasteiger partial charge < -0.3 is 4.74 Å². The molecule has 1 rings (SSSR count). The van der Waals surface area contributed by atoms with E-state index in [1.807, 2.05) is 6.92 Å². The molecule has 0 bridgehead atoms. The van der Waals surface area contributed by atoms with Gasteiger partial charge in [-0.05, 0) is 5.41 Å². The van der Waals surface area contributed by atoms with E-state index in [9.17, 15) is 4.79 Å². The van der Waals surface area contributed by atoms with Crippen LogP contribution in [0.4, 0.5) is 0 Å². The summed E-state index contributed by atoms with van der Waals surface area (Å²) in [6.45, 7) is 8.92. The van der Waals surface area contributed by atoms with Crippen LogP contribution < -0.4 is 0 Å². The number of ether oxygens (including phenoxy) is 1. The molecule has 0 amide bonds. The van der Waals surface area contributed by atoms with E-state index in [2.05, 4.69) is 20.8 Å². The summed E-state index contributed by atoms with van der Waals surface area (Å²) in [5.41, 5.74) is 0.892. The van der Waals surface area contributed by atoms with Crippen LogP contribution in [0.5, 0.6) is 0 Å². The zero-order valence-electron chi connectivity index (χ0n) is 8.89. The third-order valence-corrected chi connectivity index (χ3v) is 2.72. The van der Waals surface area contributed by atoms with Gasteiger partial charge in [0.05, 0.1) is 12.9 Å². The molecule has 1 aliphatic rings. The van der Waals surface area contributed by atoms with Crippen LogP contribution >= 0.6 is 0 Å². The Kier molecular flexibility index (Phi) is 2.79.